The molecule has 0 aliphatic carbocycles. The zero-order valence-electron chi connectivity index (χ0n) is 10.9. The fraction of sp³-hybridized carbons (Fsp3) is 0.0667. The van der Waals surface area contributed by atoms with Crippen LogP contribution in [0.25, 0.3) is 16.6 Å². The van der Waals surface area contributed by atoms with Gasteiger partial charge in [-0.05, 0) is 24.3 Å². The maximum absolute atomic E-state index is 13.2. The van der Waals surface area contributed by atoms with E-state index in [1.165, 1.54) is 18.2 Å². The van der Waals surface area contributed by atoms with E-state index in [1.54, 1.807) is 46.9 Å². The van der Waals surface area contributed by atoms with Crippen molar-refractivity contribution in [1.29, 1.82) is 0 Å². The van der Waals surface area contributed by atoms with Crippen LogP contribution in [0, 0.1) is 3.83 Å². The number of hydrogen-bond donors (Lipinski definition) is 0. The average Bonchev–Trinajstić information content (AvgIpc) is 2.47. The van der Waals surface area contributed by atoms with Crippen molar-refractivity contribution in [3.8, 4) is 5.69 Å². The minimum Gasteiger partial charge on any atom is -0.268 e. The van der Waals surface area contributed by atoms with Gasteiger partial charge in [0.25, 0.3) is 5.56 Å². The van der Waals surface area contributed by atoms with E-state index in [0.717, 1.165) is 10.6 Å². The van der Waals surface area contributed by atoms with Gasteiger partial charge in [-0.1, -0.05) is 24.3 Å². The Morgan fingerprint density at radius 1 is 1.00 bits per heavy atom. The summed E-state index contributed by atoms with van der Waals surface area (Å²) in [5.74, 6) is 0. The van der Waals surface area contributed by atoms with E-state index in [2.05, 4.69) is 4.98 Å². The molecule has 1 aromatic heterocycles. The third kappa shape index (κ3) is 2.49. The lowest BCUT2D eigenvalue weighted by Gasteiger charge is -2.15. The molecule has 0 aliphatic heterocycles. The molecule has 0 saturated carbocycles. The second-order valence-corrected chi connectivity index (χ2v) is 5.52. The van der Waals surface area contributed by atoms with Gasteiger partial charge in [0.15, 0.2) is 3.83 Å². The number of benzene rings is 2. The zero-order valence-corrected chi connectivity index (χ0v) is 13.1. The lowest BCUT2D eigenvalue weighted by atomic mass is 10.1. The van der Waals surface area contributed by atoms with Crippen molar-refractivity contribution < 1.29 is 13.2 Å². The third-order valence-corrected chi connectivity index (χ3v) is 3.91. The summed E-state index contributed by atoms with van der Waals surface area (Å²) in [6.45, 7) is 0. The highest BCUT2D eigenvalue weighted by molar-refractivity contribution is 14.1. The van der Waals surface area contributed by atoms with Gasteiger partial charge in [0.2, 0.25) is 0 Å². The van der Waals surface area contributed by atoms with E-state index in [0.29, 0.717) is 5.52 Å². The molecule has 2 aromatic carbocycles. The van der Waals surface area contributed by atoms with Crippen molar-refractivity contribution in [2.24, 2.45) is 0 Å². The predicted molar refractivity (Wildman–Crippen MR) is 85.1 cm³/mol. The molecule has 3 aromatic rings. The van der Waals surface area contributed by atoms with E-state index in [4.69, 9.17) is 0 Å². The summed E-state index contributed by atoms with van der Waals surface area (Å²) in [7, 11) is 0. The van der Waals surface area contributed by atoms with Crippen molar-refractivity contribution in [2.45, 2.75) is 6.18 Å². The van der Waals surface area contributed by atoms with Crippen LogP contribution < -0.4 is 5.56 Å². The Morgan fingerprint density at radius 3 is 2.36 bits per heavy atom. The minimum atomic E-state index is -4.55. The summed E-state index contributed by atoms with van der Waals surface area (Å²) in [6, 6.07) is 11.5. The van der Waals surface area contributed by atoms with Crippen LogP contribution in [-0.4, -0.2) is 9.55 Å². The summed E-state index contributed by atoms with van der Waals surface area (Å²) in [5, 5.41) is 0.278. The zero-order chi connectivity index (χ0) is 15.9. The number of halogens is 4. The Morgan fingerprint density at radius 2 is 1.64 bits per heavy atom. The lowest BCUT2D eigenvalue weighted by Crippen LogP contribution is -2.25. The summed E-state index contributed by atoms with van der Waals surface area (Å²) in [6.07, 6.45) is -4.55. The fourth-order valence-corrected chi connectivity index (χ4v) is 2.96. The largest absolute Gasteiger partial charge is 0.418 e. The Hall–Kier alpha value is -1.90. The van der Waals surface area contributed by atoms with Crippen molar-refractivity contribution in [3.05, 3.63) is 68.3 Å². The maximum atomic E-state index is 13.2. The summed E-state index contributed by atoms with van der Waals surface area (Å²) in [5.41, 5.74) is -1.15. The van der Waals surface area contributed by atoms with Gasteiger partial charge in [-0.15, -0.1) is 0 Å². The Kier molecular flexibility index (Phi) is 3.67. The first-order valence-electron chi connectivity index (χ1n) is 6.23. The number of aromatic nitrogens is 2. The van der Waals surface area contributed by atoms with Gasteiger partial charge in [0.1, 0.15) is 0 Å². The molecular formula is C15H8F3IN2O. The number of rotatable bonds is 1. The molecule has 3 nitrogen and oxygen atoms in total. The molecule has 3 rings (SSSR count). The lowest BCUT2D eigenvalue weighted by molar-refractivity contribution is -0.137. The molecule has 7 heteroatoms. The summed E-state index contributed by atoms with van der Waals surface area (Å²) in [4.78, 5) is 16.8. The molecule has 0 atom stereocenters. The fourth-order valence-electron chi connectivity index (χ4n) is 2.22. The van der Waals surface area contributed by atoms with Gasteiger partial charge in [-0.2, -0.15) is 13.2 Å². The van der Waals surface area contributed by atoms with Gasteiger partial charge < -0.3 is 0 Å². The van der Waals surface area contributed by atoms with Crippen LogP contribution in [0.4, 0.5) is 13.2 Å². The minimum absolute atomic E-state index is 0.179. The smallest absolute Gasteiger partial charge is 0.268 e. The number of alkyl halides is 3. The first kappa shape index (κ1) is 15.0. The van der Waals surface area contributed by atoms with E-state index < -0.39 is 17.3 Å². The molecular weight excluding hydrogens is 408 g/mol. The maximum Gasteiger partial charge on any atom is 0.418 e. The molecule has 0 aliphatic rings. The van der Waals surface area contributed by atoms with Crippen LogP contribution in [0.2, 0.25) is 0 Å². The van der Waals surface area contributed by atoms with Gasteiger partial charge in [-0.25, -0.2) is 4.98 Å². The topological polar surface area (TPSA) is 34.9 Å². The number of hydrogen-bond acceptors (Lipinski definition) is 2. The van der Waals surface area contributed by atoms with E-state index in [-0.39, 0.29) is 14.9 Å². The highest BCUT2D eigenvalue weighted by Gasteiger charge is 2.34. The highest BCUT2D eigenvalue weighted by atomic mass is 127. The molecule has 1 heterocycles. The van der Waals surface area contributed by atoms with Gasteiger partial charge in [-0.3, -0.25) is 9.36 Å². The SMILES string of the molecule is O=c1c2ccccc2nc(I)n1-c1ccccc1C(F)(F)F. The summed E-state index contributed by atoms with van der Waals surface area (Å²) < 4.78 is 40.7. The molecule has 0 radical (unpaired) electrons. The second-order valence-electron chi connectivity index (χ2n) is 4.55. The first-order chi connectivity index (χ1) is 10.4. The Bertz CT molecular complexity index is 919. The molecule has 112 valence electrons. The van der Waals surface area contributed by atoms with Crippen molar-refractivity contribution in [2.75, 3.05) is 0 Å². The second kappa shape index (κ2) is 5.38. The van der Waals surface area contributed by atoms with Gasteiger partial charge in [0.05, 0.1) is 22.2 Å². The van der Waals surface area contributed by atoms with Crippen LogP contribution in [-0.2, 0) is 6.18 Å². The number of fused-ring (bicyclic) bond motifs is 1. The average molecular weight is 416 g/mol. The molecule has 0 unspecified atom stereocenters. The van der Waals surface area contributed by atoms with Crippen molar-refractivity contribution >= 4 is 33.5 Å². The predicted octanol–water partition coefficient (Wildman–Crippen LogP) is 4.01. The molecule has 0 spiro atoms. The van der Waals surface area contributed by atoms with E-state index in [9.17, 15) is 18.0 Å². The van der Waals surface area contributed by atoms with Crippen molar-refractivity contribution in [3.63, 3.8) is 0 Å². The number of nitrogens with zero attached hydrogens (tertiary/aromatic N) is 2. The Labute approximate surface area is 136 Å². The normalized spacial score (nSPS) is 11.8. The van der Waals surface area contributed by atoms with Crippen LogP contribution in [0.3, 0.4) is 0 Å². The molecule has 0 amide bonds. The number of para-hydroxylation sites is 2. The third-order valence-electron chi connectivity index (χ3n) is 3.19. The monoisotopic (exact) mass is 416 g/mol. The van der Waals surface area contributed by atoms with Gasteiger partial charge >= 0.3 is 6.18 Å². The van der Waals surface area contributed by atoms with Crippen molar-refractivity contribution in [1.82, 2.24) is 9.55 Å². The van der Waals surface area contributed by atoms with E-state index >= 15 is 0 Å². The van der Waals surface area contributed by atoms with Crippen LogP contribution >= 0.6 is 22.6 Å². The van der Waals surface area contributed by atoms with Crippen LogP contribution in [0.1, 0.15) is 5.56 Å². The molecule has 0 bridgehead atoms. The molecule has 0 fully saturated rings. The molecule has 22 heavy (non-hydrogen) atoms. The van der Waals surface area contributed by atoms with Crippen LogP contribution in [0.15, 0.2) is 53.3 Å². The first-order valence-corrected chi connectivity index (χ1v) is 7.31. The Balaban J connectivity index is 2.40. The standard InChI is InChI=1S/C15H8F3IN2O/c16-15(17,18)10-6-2-4-8-12(10)21-13(22)9-5-1-3-7-11(9)20-14(21)19/h1-8H. The molecule has 0 N–H and O–H groups in total. The van der Waals surface area contributed by atoms with E-state index in [1.807, 2.05) is 0 Å². The molecule has 0 saturated heterocycles. The highest BCUT2D eigenvalue weighted by Crippen LogP contribution is 2.33. The quantitative estimate of drug-likeness (QED) is 0.444. The van der Waals surface area contributed by atoms with Gasteiger partial charge in [0, 0.05) is 22.6 Å². The summed E-state index contributed by atoms with van der Waals surface area (Å²) >= 11 is 1.77. The van der Waals surface area contributed by atoms with Crippen LogP contribution in [0.5, 0.6) is 0 Å².